The first-order valence-corrected chi connectivity index (χ1v) is 6.57. The van der Waals surface area contributed by atoms with Crippen molar-refractivity contribution in [1.82, 2.24) is 15.3 Å². The highest BCUT2D eigenvalue weighted by molar-refractivity contribution is 5.40. The minimum absolute atomic E-state index is 0.538. The van der Waals surface area contributed by atoms with Crippen molar-refractivity contribution in [3.8, 4) is 0 Å². The van der Waals surface area contributed by atoms with Crippen LogP contribution < -0.4 is 10.2 Å². The van der Waals surface area contributed by atoms with Crippen molar-refractivity contribution in [1.29, 1.82) is 0 Å². The molecular weight excluding hydrogens is 228 g/mol. The van der Waals surface area contributed by atoms with Gasteiger partial charge in [-0.25, -0.2) is 9.97 Å². The molecule has 5 heteroatoms. The van der Waals surface area contributed by atoms with E-state index in [2.05, 4.69) is 20.2 Å². The van der Waals surface area contributed by atoms with Crippen LogP contribution in [0.15, 0.2) is 12.3 Å². The molecule has 1 unspecified atom stereocenters. The maximum Gasteiger partial charge on any atom is 0.132 e. The van der Waals surface area contributed by atoms with Crippen LogP contribution in [-0.4, -0.2) is 49.4 Å². The highest BCUT2D eigenvalue weighted by atomic mass is 16.5. The Morgan fingerprint density at radius 3 is 3.22 bits per heavy atom. The molecule has 0 spiro atoms. The minimum atomic E-state index is 0.538. The number of nitrogens with one attached hydrogen (secondary N) is 1. The van der Waals surface area contributed by atoms with Gasteiger partial charge >= 0.3 is 0 Å². The molecule has 1 aliphatic rings. The van der Waals surface area contributed by atoms with Crippen LogP contribution in [0.1, 0.15) is 18.7 Å². The van der Waals surface area contributed by atoms with E-state index in [1.807, 2.05) is 19.2 Å². The second-order valence-corrected chi connectivity index (χ2v) is 4.65. The molecule has 0 saturated carbocycles. The van der Waals surface area contributed by atoms with Crippen LogP contribution in [0.3, 0.4) is 0 Å². The van der Waals surface area contributed by atoms with Crippen LogP contribution in [0.4, 0.5) is 5.82 Å². The molecule has 1 saturated heterocycles. The molecule has 100 valence electrons. The average Bonchev–Trinajstić information content (AvgIpc) is 2.83. The Bertz CT molecular complexity index is 372. The van der Waals surface area contributed by atoms with Gasteiger partial charge in [-0.05, 0) is 25.8 Å². The van der Waals surface area contributed by atoms with Gasteiger partial charge in [-0.2, -0.15) is 0 Å². The number of rotatable bonds is 6. The van der Waals surface area contributed by atoms with Crippen LogP contribution in [-0.2, 0) is 4.74 Å². The highest BCUT2D eigenvalue weighted by Gasteiger charge is 2.25. The van der Waals surface area contributed by atoms with Crippen molar-refractivity contribution in [2.45, 2.75) is 25.8 Å². The zero-order valence-electron chi connectivity index (χ0n) is 11.2. The van der Waals surface area contributed by atoms with Gasteiger partial charge < -0.3 is 15.0 Å². The molecule has 1 aromatic heterocycles. The SMILES string of the molecule is COCCNCC1CCCN1c1ccnc(C)n1. The fourth-order valence-electron chi connectivity index (χ4n) is 2.40. The van der Waals surface area contributed by atoms with E-state index in [1.54, 1.807) is 7.11 Å². The normalized spacial score (nSPS) is 19.4. The van der Waals surface area contributed by atoms with Gasteiger partial charge in [0.1, 0.15) is 11.6 Å². The Kier molecular flexibility index (Phi) is 4.90. The van der Waals surface area contributed by atoms with E-state index in [4.69, 9.17) is 4.74 Å². The molecule has 1 N–H and O–H groups in total. The van der Waals surface area contributed by atoms with Gasteiger partial charge in [0, 0.05) is 39.0 Å². The lowest BCUT2D eigenvalue weighted by Gasteiger charge is -2.26. The molecule has 1 aliphatic heterocycles. The number of nitrogens with zero attached hydrogens (tertiary/aromatic N) is 3. The molecule has 2 rings (SSSR count). The van der Waals surface area contributed by atoms with Crippen molar-refractivity contribution in [3.05, 3.63) is 18.1 Å². The molecule has 1 fully saturated rings. The van der Waals surface area contributed by atoms with Crippen LogP contribution in [0, 0.1) is 6.92 Å². The van der Waals surface area contributed by atoms with E-state index in [1.165, 1.54) is 12.8 Å². The van der Waals surface area contributed by atoms with E-state index in [0.29, 0.717) is 6.04 Å². The third kappa shape index (κ3) is 3.40. The zero-order valence-corrected chi connectivity index (χ0v) is 11.2. The van der Waals surface area contributed by atoms with Gasteiger partial charge in [0.2, 0.25) is 0 Å². The first kappa shape index (κ1) is 13.2. The number of hydrogen-bond acceptors (Lipinski definition) is 5. The van der Waals surface area contributed by atoms with Crippen molar-refractivity contribution in [3.63, 3.8) is 0 Å². The second kappa shape index (κ2) is 6.66. The Labute approximate surface area is 109 Å². The molecule has 0 aromatic carbocycles. The lowest BCUT2D eigenvalue weighted by molar-refractivity contribution is 0.199. The summed E-state index contributed by atoms with van der Waals surface area (Å²) in [6, 6.07) is 2.54. The van der Waals surface area contributed by atoms with E-state index in [9.17, 15) is 0 Å². The molecule has 0 aliphatic carbocycles. The molecule has 1 aromatic rings. The number of aryl methyl sites for hydroxylation is 1. The van der Waals surface area contributed by atoms with Crippen LogP contribution in [0.25, 0.3) is 0 Å². The molecule has 0 radical (unpaired) electrons. The van der Waals surface area contributed by atoms with Crippen molar-refractivity contribution >= 4 is 5.82 Å². The number of hydrogen-bond donors (Lipinski definition) is 1. The Morgan fingerprint density at radius 2 is 2.44 bits per heavy atom. The molecular formula is C13H22N4O. The number of aromatic nitrogens is 2. The topological polar surface area (TPSA) is 50.3 Å². The van der Waals surface area contributed by atoms with Crippen molar-refractivity contribution in [2.24, 2.45) is 0 Å². The summed E-state index contributed by atoms with van der Waals surface area (Å²) in [6.07, 6.45) is 4.30. The summed E-state index contributed by atoms with van der Waals surface area (Å²) in [4.78, 5) is 11.0. The smallest absolute Gasteiger partial charge is 0.132 e. The lowest BCUT2D eigenvalue weighted by Crippen LogP contribution is -2.39. The predicted molar refractivity (Wildman–Crippen MR) is 71.9 cm³/mol. The van der Waals surface area contributed by atoms with Gasteiger partial charge in [-0.3, -0.25) is 0 Å². The van der Waals surface area contributed by atoms with Gasteiger partial charge in [0.25, 0.3) is 0 Å². The first-order chi connectivity index (χ1) is 8.81. The van der Waals surface area contributed by atoms with Gasteiger partial charge in [0.15, 0.2) is 0 Å². The first-order valence-electron chi connectivity index (χ1n) is 6.57. The summed E-state index contributed by atoms with van der Waals surface area (Å²) in [5, 5.41) is 3.43. The molecule has 5 nitrogen and oxygen atoms in total. The van der Waals surface area contributed by atoms with E-state index in [-0.39, 0.29) is 0 Å². The van der Waals surface area contributed by atoms with Crippen LogP contribution in [0.5, 0.6) is 0 Å². The van der Waals surface area contributed by atoms with Crippen LogP contribution in [0.2, 0.25) is 0 Å². The summed E-state index contributed by atoms with van der Waals surface area (Å²) in [5.74, 6) is 1.89. The van der Waals surface area contributed by atoms with E-state index in [0.717, 1.165) is 37.9 Å². The monoisotopic (exact) mass is 250 g/mol. The summed E-state index contributed by atoms with van der Waals surface area (Å²) < 4.78 is 5.04. The molecule has 0 bridgehead atoms. The van der Waals surface area contributed by atoms with Gasteiger partial charge in [0.05, 0.1) is 6.61 Å². The summed E-state index contributed by atoms with van der Waals surface area (Å²) in [7, 11) is 1.73. The Hall–Kier alpha value is -1.20. The third-order valence-corrected chi connectivity index (χ3v) is 3.30. The fourth-order valence-corrected chi connectivity index (χ4v) is 2.40. The molecule has 0 amide bonds. The quantitative estimate of drug-likeness (QED) is 0.763. The van der Waals surface area contributed by atoms with Crippen molar-refractivity contribution < 1.29 is 4.74 Å². The maximum atomic E-state index is 5.04. The minimum Gasteiger partial charge on any atom is -0.383 e. The summed E-state index contributed by atoms with van der Waals surface area (Å²) >= 11 is 0. The fraction of sp³-hybridized carbons (Fsp3) is 0.692. The third-order valence-electron chi connectivity index (χ3n) is 3.30. The molecule has 18 heavy (non-hydrogen) atoms. The van der Waals surface area contributed by atoms with Gasteiger partial charge in [-0.1, -0.05) is 0 Å². The Balaban J connectivity index is 1.91. The van der Waals surface area contributed by atoms with Crippen LogP contribution >= 0.6 is 0 Å². The number of ether oxygens (including phenoxy) is 1. The molecule has 2 heterocycles. The van der Waals surface area contributed by atoms with Gasteiger partial charge in [-0.15, -0.1) is 0 Å². The van der Waals surface area contributed by atoms with E-state index >= 15 is 0 Å². The second-order valence-electron chi connectivity index (χ2n) is 4.65. The maximum absolute atomic E-state index is 5.04. The number of anilines is 1. The average molecular weight is 250 g/mol. The number of methoxy groups -OCH3 is 1. The molecule has 1 atom stereocenters. The zero-order chi connectivity index (χ0) is 12.8. The summed E-state index contributed by atoms with van der Waals surface area (Å²) in [6.45, 7) is 5.69. The van der Waals surface area contributed by atoms with E-state index < -0.39 is 0 Å². The summed E-state index contributed by atoms with van der Waals surface area (Å²) in [5.41, 5.74) is 0. The predicted octanol–water partition coefficient (Wildman–Crippen LogP) is 0.990. The lowest BCUT2D eigenvalue weighted by atomic mass is 10.2. The standard InChI is InChI=1S/C13H22N4O/c1-11-15-6-5-13(16-11)17-8-3-4-12(17)10-14-7-9-18-2/h5-6,12,14H,3-4,7-10H2,1-2H3. The Morgan fingerprint density at radius 1 is 1.56 bits per heavy atom. The largest absolute Gasteiger partial charge is 0.383 e. The van der Waals surface area contributed by atoms with Crippen molar-refractivity contribution in [2.75, 3.05) is 38.3 Å². The highest BCUT2D eigenvalue weighted by Crippen LogP contribution is 2.22.